The minimum absolute atomic E-state index is 0.335. The summed E-state index contributed by atoms with van der Waals surface area (Å²) in [7, 11) is 1.83. The second kappa shape index (κ2) is 5.31. The highest BCUT2D eigenvalue weighted by Crippen LogP contribution is 2.19. The number of pyridine rings is 1. The molecule has 19 heavy (non-hydrogen) atoms. The van der Waals surface area contributed by atoms with Crippen LogP contribution in [0, 0.1) is 13.8 Å². The molecule has 2 aromatic rings. The number of aromatic nitrogens is 4. The molecule has 3 N–H and O–H groups in total. The van der Waals surface area contributed by atoms with Crippen molar-refractivity contribution in [2.45, 2.75) is 20.4 Å². The maximum absolute atomic E-state index is 5.75. The van der Waals surface area contributed by atoms with E-state index in [0.717, 1.165) is 16.8 Å². The van der Waals surface area contributed by atoms with Crippen LogP contribution < -0.4 is 11.1 Å². The quantitative estimate of drug-likeness (QED) is 0.813. The zero-order chi connectivity index (χ0) is 14.0. The summed E-state index contributed by atoms with van der Waals surface area (Å²) in [5.74, 6) is 1.37. The summed E-state index contributed by atoms with van der Waals surface area (Å²) in [5.41, 5.74) is 8.45. The first-order chi connectivity index (χ1) is 8.97. The summed E-state index contributed by atoms with van der Waals surface area (Å²) in [5, 5.41) is 7.39. The lowest BCUT2D eigenvalue weighted by Crippen LogP contribution is -2.17. The average molecular weight is 276 g/mol. The number of anilines is 1. The zero-order valence-corrected chi connectivity index (χ0v) is 12.0. The van der Waals surface area contributed by atoms with Crippen LogP contribution in [0.2, 0.25) is 0 Å². The molecule has 2 heterocycles. The first kappa shape index (κ1) is 13.4. The molecule has 0 fully saturated rings. The van der Waals surface area contributed by atoms with E-state index in [0.29, 0.717) is 23.2 Å². The molecule has 2 rings (SSSR count). The lowest BCUT2D eigenvalue weighted by Gasteiger charge is -2.12. The second-order valence-corrected chi connectivity index (χ2v) is 4.80. The van der Waals surface area contributed by atoms with Crippen LogP contribution in [0.4, 0.5) is 5.82 Å². The fourth-order valence-electron chi connectivity index (χ4n) is 1.90. The van der Waals surface area contributed by atoms with Crippen LogP contribution in [0.5, 0.6) is 0 Å². The lowest BCUT2D eigenvalue weighted by atomic mass is 10.1. The third kappa shape index (κ3) is 3.05. The fraction of sp³-hybridized carbons (Fsp3) is 0.333. The van der Waals surface area contributed by atoms with E-state index in [2.05, 4.69) is 20.4 Å². The Hall–Kier alpha value is -2.02. The van der Waals surface area contributed by atoms with Gasteiger partial charge in [0.25, 0.3) is 0 Å². The molecular formula is C12H16N6S. The van der Waals surface area contributed by atoms with Gasteiger partial charge in [-0.2, -0.15) is 5.10 Å². The SMILES string of the molecule is Cc1cc(C)c(C(N)=S)c(NCc2ncn(C)n2)n1. The van der Waals surface area contributed by atoms with Crippen molar-refractivity contribution >= 4 is 23.0 Å². The molecule has 6 nitrogen and oxygen atoms in total. The summed E-state index contributed by atoms with van der Waals surface area (Å²) >= 11 is 5.08. The predicted molar refractivity (Wildman–Crippen MR) is 77.9 cm³/mol. The number of aryl methyl sites for hydroxylation is 3. The minimum atomic E-state index is 0.335. The van der Waals surface area contributed by atoms with Gasteiger partial charge in [-0.1, -0.05) is 12.2 Å². The van der Waals surface area contributed by atoms with E-state index in [-0.39, 0.29) is 0 Å². The van der Waals surface area contributed by atoms with Crippen LogP contribution in [-0.4, -0.2) is 24.7 Å². The van der Waals surface area contributed by atoms with E-state index in [4.69, 9.17) is 18.0 Å². The molecular weight excluding hydrogens is 260 g/mol. The molecule has 2 aromatic heterocycles. The van der Waals surface area contributed by atoms with Crippen LogP contribution in [0.15, 0.2) is 12.4 Å². The van der Waals surface area contributed by atoms with Gasteiger partial charge in [-0.3, -0.25) is 4.68 Å². The largest absolute Gasteiger partial charge is 0.389 e. The Morgan fingerprint density at radius 1 is 1.47 bits per heavy atom. The highest BCUT2D eigenvalue weighted by Gasteiger charge is 2.11. The molecule has 100 valence electrons. The van der Waals surface area contributed by atoms with Gasteiger partial charge in [0, 0.05) is 12.7 Å². The van der Waals surface area contributed by atoms with Gasteiger partial charge in [0.05, 0.1) is 12.1 Å². The maximum atomic E-state index is 5.75. The molecule has 0 aliphatic carbocycles. The van der Waals surface area contributed by atoms with E-state index in [1.165, 1.54) is 0 Å². The standard InChI is InChI=1S/C12H16N6S/c1-7-4-8(2)16-12(10(7)11(13)19)14-5-9-15-6-18(3)17-9/h4,6H,5H2,1-3H3,(H2,13,19)(H,14,16). The first-order valence-corrected chi connectivity index (χ1v) is 6.24. The van der Waals surface area contributed by atoms with E-state index in [1.54, 1.807) is 11.0 Å². The van der Waals surface area contributed by atoms with Crippen molar-refractivity contribution in [1.29, 1.82) is 0 Å². The monoisotopic (exact) mass is 276 g/mol. The molecule has 7 heteroatoms. The van der Waals surface area contributed by atoms with Gasteiger partial charge in [0.1, 0.15) is 17.1 Å². The molecule has 0 bridgehead atoms. The first-order valence-electron chi connectivity index (χ1n) is 5.84. The Morgan fingerprint density at radius 2 is 2.21 bits per heavy atom. The van der Waals surface area contributed by atoms with Gasteiger partial charge in [0.2, 0.25) is 0 Å². The van der Waals surface area contributed by atoms with Gasteiger partial charge in [-0.25, -0.2) is 9.97 Å². The fourth-order valence-corrected chi connectivity index (χ4v) is 2.16. The van der Waals surface area contributed by atoms with Gasteiger partial charge < -0.3 is 11.1 Å². The topological polar surface area (TPSA) is 81.6 Å². The molecule has 0 amide bonds. The van der Waals surface area contributed by atoms with Crippen LogP contribution >= 0.6 is 12.2 Å². The van der Waals surface area contributed by atoms with Crippen molar-refractivity contribution < 1.29 is 0 Å². The Kier molecular flexibility index (Phi) is 3.75. The average Bonchev–Trinajstić information content (AvgIpc) is 2.71. The lowest BCUT2D eigenvalue weighted by molar-refractivity contribution is 0.747. The summed E-state index contributed by atoms with van der Waals surface area (Å²) in [6, 6.07) is 1.96. The van der Waals surface area contributed by atoms with Gasteiger partial charge in [-0.15, -0.1) is 0 Å². The normalized spacial score (nSPS) is 10.5. The molecule has 0 aromatic carbocycles. The summed E-state index contributed by atoms with van der Waals surface area (Å²) < 4.78 is 1.65. The highest BCUT2D eigenvalue weighted by atomic mass is 32.1. The van der Waals surface area contributed by atoms with Gasteiger partial charge >= 0.3 is 0 Å². The van der Waals surface area contributed by atoms with Crippen molar-refractivity contribution in [2.75, 3.05) is 5.32 Å². The van der Waals surface area contributed by atoms with E-state index in [9.17, 15) is 0 Å². The van der Waals surface area contributed by atoms with Crippen molar-refractivity contribution in [2.24, 2.45) is 12.8 Å². The van der Waals surface area contributed by atoms with Gasteiger partial charge in [0.15, 0.2) is 5.82 Å². The predicted octanol–water partition coefficient (Wildman–Crippen LogP) is 1.07. The van der Waals surface area contributed by atoms with Gasteiger partial charge in [-0.05, 0) is 25.5 Å². The molecule has 0 spiro atoms. The van der Waals surface area contributed by atoms with E-state index < -0.39 is 0 Å². The van der Waals surface area contributed by atoms with E-state index >= 15 is 0 Å². The molecule has 0 aliphatic rings. The summed E-state index contributed by atoms with van der Waals surface area (Å²) in [6.45, 7) is 4.38. The van der Waals surface area contributed by atoms with Crippen molar-refractivity contribution in [3.63, 3.8) is 0 Å². The Morgan fingerprint density at radius 3 is 2.79 bits per heavy atom. The molecule has 0 unspecified atom stereocenters. The number of nitrogens with one attached hydrogen (secondary N) is 1. The van der Waals surface area contributed by atoms with Crippen molar-refractivity contribution in [3.05, 3.63) is 35.0 Å². The van der Waals surface area contributed by atoms with Crippen molar-refractivity contribution in [3.8, 4) is 0 Å². The van der Waals surface area contributed by atoms with Crippen molar-refractivity contribution in [1.82, 2.24) is 19.7 Å². The van der Waals surface area contributed by atoms with Crippen LogP contribution in [-0.2, 0) is 13.6 Å². The molecule has 0 aliphatic heterocycles. The molecule has 0 atom stereocenters. The summed E-state index contributed by atoms with van der Waals surface area (Å²) in [4.78, 5) is 8.92. The summed E-state index contributed by atoms with van der Waals surface area (Å²) in [6.07, 6.45) is 1.65. The Labute approximate surface area is 117 Å². The van der Waals surface area contributed by atoms with E-state index in [1.807, 2.05) is 27.0 Å². The third-order valence-corrected chi connectivity index (χ3v) is 2.86. The number of hydrogen-bond donors (Lipinski definition) is 2. The molecule has 0 radical (unpaired) electrons. The number of nitrogens with zero attached hydrogens (tertiary/aromatic N) is 4. The second-order valence-electron chi connectivity index (χ2n) is 4.36. The van der Waals surface area contributed by atoms with Crippen LogP contribution in [0.1, 0.15) is 22.6 Å². The Bertz CT molecular complexity index is 619. The third-order valence-electron chi connectivity index (χ3n) is 2.65. The van der Waals surface area contributed by atoms with Crippen LogP contribution in [0.3, 0.4) is 0 Å². The zero-order valence-electron chi connectivity index (χ0n) is 11.1. The number of rotatable bonds is 4. The maximum Gasteiger partial charge on any atom is 0.169 e. The molecule has 0 saturated heterocycles. The number of thiocarbonyl (C=S) groups is 1. The molecule has 0 saturated carbocycles. The highest BCUT2D eigenvalue weighted by molar-refractivity contribution is 7.80. The smallest absolute Gasteiger partial charge is 0.169 e. The van der Waals surface area contributed by atoms with Crippen LogP contribution in [0.25, 0.3) is 0 Å². The minimum Gasteiger partial charge on any atom is -0.389 e. The number of nitrogens with two attached hydrogens (primary N) is 1. The Balaban J connectivity index is 2.26. The number of hydrogen-bond acceptors (Lipinski definition) is 5.